The Morgan fingerprint density at radius 2 is 0.966 bits per heavy atom. The van der Waals surface area contributed by atoms with Crippen molar-refractivity contribution in [3.05, 3.63) is 189 Å². The van der Waals surface area contributed by atoms with Crippen LogP contribution >= 0.6 is 24.8 Å². The van der Waals surface area contributed by atoms with Gasteiger partial charge in [0, 0.05) is 141 Å². The Kier molecular flexibility index (Phi) is 37.5. The van der Waals surface area contributed by atoms with Crippen molar-refractivity contribution in [1.82, 2.24) is 46.0 Å². The minimum Gasteiger partial charge on any atom is -0.479 e. The molecule has 630 valence electrons. The number of benzene rings is 3. The number of aromatic nitrogens is 3. The number of aliphatic carboxylic acids is 1. The Morgan fingerprint density at radius 1 is 0.552 bits per heavy atom. The van der Waals surface area contributed by atoms with Gasteiger partial charge in [0.2, 0.25) is 11.4 Å². The molecule has 8 aliphatic rings. The molecule has 28 nitrogen and oxygen atoms in total. The Bertz CT molecular complexity index is 4380. The summed E-state index contributed by atoms with van der Waals surface area (Å²) in [6.45, 7) is 29.7. The van der Waals surface area contributed by atoms with Crippen molar-refractivity contribution >= 4 is 88.8 Å². The van der Waals surface area contributed by atoms with Gasteiger partial charge in [-0.15, -0.1) is 24.8 Å². The highest BCUT2D eigenvalue weighted by Crippen LogP contribution is 2.37. The molecule has 5 fully saturated rings. The van der Waals surface area contributed by atoms with E-state index in [2.05, 4.69) is 56.9 Å². The van der Waals surface area contributed by atoms with E-state index in [0.29, 0.717) is 95.6 Å². The quantitative estimate of drug-likeness (QED) is 0.0443. The standard InChI is InChI=1S/C27H30FN5O4.C24H26FN5O4.C20H24FN3O5.C7H8N2.5CH4.2ClH/c1-27(2)36-23(24(37-27)26(35)33-15-18-6-9-30-14-19(18)16-33)25(34)31-13-17-7-10-32(11-8-17)22-5-4-20(28)12-21(22)29-3;25-19-1-2-20(17(9-19)10-26)29-7-4-15(5-8-29)11-28-23(33)21(31)22(32)24(34)30-13-16-3-6-27-12-18(16)14-30;1-20(2)28-16(17(29-20)19(26)27)18(25)23-11-12-6-8-24(9-7-12)15-5-4-13(21)10-14(15)22-3;1-2-6-4-8-5-7(6)9-3-1;;;;;;;/h4-6,9,12,14,17,23-24H,7-8,10-11,13,15-16H2,1-2H3,(H,31,34);1-3,6,9,12,15,21-22,31-32H,4-5,7-8,11,13-14H2,(H,28,33);4-5,10,12,16-17H,6-9,11H2,1-2H3,(H,23,25)(H,26,27);1-3,8H,4-5H2;5*1H4;2*1H/t23-,24-;21-,22-;16-,17-;;;;;;;;/m111......../s1. The molecule has 116 heavy (non-hydrogen) atoms. The molecule has 5 amide bonds. The van der Waals surface area contributed by atoms with E-state index in [4.69, 9.17) is 32.1 Å². The highest BCUT2D eigenvalue weighted by atomic mass is 35.5. The number of carboxylic acid groups (broad SMARTS) is 1. The van der Waals surface area contributed by atoms with Crippen LogP contribution in [0.4, 0.5) is 41.6 Å². The van der Waals surface area contributed by atoms with Crippen LogP contribution in [0.1, 0.15) is 142 Å². The van der Waals surface area contributed by atoms with Crippen LogP contribution in [0.5, 0.6) is 0 Å². The van der Waals surface area contributed by atoms with E-state index in [9.17, 15) is 62.5 Å². The fourth-order valence-electron chi connectivity index (χ4n) is 14.5. The summed E-state index contributed by atoms with van der Waals surface area (Å²) in [5, 5.41) is 50.6. The number of aliphatic hydroxyl groups is 2. The predicted octanol–water partition coefficient (Wildman–Crippen LogP) is 10.9. The van der Waals surface area contributed by atoms with E-state index in [-0.39, 0.29) is 109 Å². The summed E-state index contributed by atoms with van der Waals surface area (Å²) in [4.78, 5) is 104. The van der Waals surface area contributed by atoms with E-state index in [1.165, 1.54) is 52.6 Å². The van der Waals surface area contributed by atoms with Gasteiger partial charge in [0.05, 0.1) is 30.1 Å². The molecular weight excluding hydrogens is 1540 g/mol. The van der Waals surface area contributed by atoms with Crippen molar-refractivity contribution < 1.29 is 76.2 Å². The summed E-state index contributed by atoms with van der Waals surface area (Å²) >= 11 is 0. The highest BCUT2D eigenvalue weighted by molar-refractivity contribution is 5.93. The van der Waals surface area contributed by atoms with Gasteiger partial charge in [-0.2, -0.15) is 5.26 Å². The first-order valence-electron chi connectivity index (χ1n) is 36.2. The Labute approximate surface area is 690 Å². The lowest BCUT2D eigenvalue weighted by Gasteiger charge is -2.34. The van der Waals surface area contributed by atoms with Gasteiger partial charge in [-0.1, -0.05) is 43.2 Å². The predicted molar refractivity (Wildman–Crippen MR) is 437 cm³/mol. The fourth-order valence-corrected chi connectivity index (χ4v) is 14.5. The molecule has 3 aromatic heterocycles. The number of hydrogen-bond donors (Lipinski definition) is 7. The SMILES string of the molecule is C.C.C.C.C.Cl.Cl.N#Cc1cc(F)ccc1N1CCC(CNC(=O)[C@H](O)[C@@H](O)C(=O)N2Cc3ccncc3C2)CC1.[C-]#[N+]c1cc(F)ccc1N1CCC(CNC(=O)[C@@H]2OC(C)(C)O[C@H]2C(=O)N2Cc3ccncc3C2)CC1.[C-]#[N+]c1cc(F)ccc1N1CCC(CNC(=O)[C@@H]2OC(C)(C)O[C@H]2C(=O)O)CC1.c1cnc2c(c1)CNC2. The summed E-state index contributed by atoms with van der Waals surface area (Å²) in [5.74, 6) is -6.80. The van der Waals surface area contributed by atoms with Crippen molar-refractivity contribution in [1.29, 1.82) is 5.26 Å². The van der Waals surface area contributed by atoms with Gasteiger partial charge >= 0.3 is 5.97 Å². The Hall–Kier alpha value is -10.1. The molecule has 3 aromatic carbocycles. The average molecular weight is 1650 g/mol. The molecule has 33 heteroatoms. The van der Waals surface area contributed by atoms with Gasteiger partial charge in [0.15, 0.2) is 48.2 Å². The number of anilines is 3. The molecule has 5 saturated heterocycles. The molecule has 14 rings (SSSR count). The Balaban J connectivity index is 0.000000338. The number of nitrogens with one attached hydrogen (secondary N) is 4. The summed E-state index contributed by atoms with van der Waals surface area (Å²) in [7, 11) is 0. The maximum atomic E-state index is 13.5. The van der Waals surface area contributed by atoms with Crippen molar-refractivity contribution in [2.24, 2.45) is 17.8 Å². The normalized spacial score (nSPS) is 19.7. The third kappa shape index (κ3) is 24.7. The zero-order chi connectivity index (χ0) is 77.7. The number of rotatable bonds is 16. The molecule has 0 radical (unpaired) electrons. The summed E-state index contributed by atoms with van der Waals surface area (Å²) in [6.07, 6.45) is 4.90. The maximum Gasteiger partial charge on any atom is 0.336 e. The van der Waals surface area contributed by atoms with Gasteiger partial charge in [-0.3, -0.25) is 38.9 Å². The number of carbonyl (C=O) groups excluding carboxylic acids is 5. The van der Waals surface area contributed by atoms with Gasteiger partial charge < -0.3 is 80.0 Å². The molecule has 0 bridgehead atoms. The van der Waals surface area contributed by atoms with E-state index in [1.54, 1.807) is 81.6 Å². The number of ether oxygens (including phenoxy) is 4. The molecule has 6 atom stereocenters. The first-order chi connectivity index (χ1) is 52.3. The third-order valence-corrected chi connectivity index (χ3v) is 20.4. The number of nitriles is 1. The zero-order valence-corrected chi connectivity index (χ0v) is 63.4. The molecule has 6 aromatic rings. The summed E-state index contributed by atoms with van der Waals surface area (Å²) in [6, 6.07) is 22.4. The average Bonchev–Trinajstić information content (AvgIpc) is 1.64. The van der Waals surface area contributed by atoms with Gasteiger partial charge in [-0.05, 0) is 185 Å². The molecule has 0 unspecified atom stereocenters. The first kappa shape index (κ1) is 98.3. The number of pyridine rings is 3. The molecule has 11 heterocycles. The number of carboxylic acids is 1. The van der Waals surface area contributed by atoms with E-state index in [0.717, 1.165) is 79.6 Å². The van der Waals surface area contributed by atoms with Crippen molar-refractivity contribution in [3.8, 4) is 6.07 Å². The second-order valence-electron chi connectivity index (χ2n) is 28.9. The molecule has 7 N–H and O–H groups in total. The molecule has 0 spiro atoms. The van der Waals surface area contributed by atoms with Crippen LogP contribution in [0, 0.1) is 59.7 Å². The lowest BCUT2D eigenvalue weighted by atomic mass is 9.95. The van der Waals surface area contributed by atoms with Crippen LogP contribution < -0.4 is 36.0 Å². The van der Waals surface area contributed by atoms with Crippen LogP contribution in [-0.2, 0) is 87.0 Å². The number of amides is 5. The maximum absolute atomic E-state index is 13.5. The second kappa shape index (κ2) is 44.3. The number of piperidine rings is 3. The number of aliphatic hydroxyl groups excluding tert-OH is 2. The minimum absolute atomic E-state index is 0. The first-order valence-corrected chi connectivity index (χ1v) is 36.2. The van der Waals surface area contributed by atoms with Gasteiger partial charge in [0.25, 0.3) is 29.5 Å². The minimum atomic E-state index is -1.87. The van der Waals surface area contributed by atoms with E-state index < -0.39 is 89.3 Å². The molecular formula is C83H110Cl2F3N15O13. The number of nitrogens with zero attached hydrogens (tertiary/aromatic N) is 11. The zero-order valence-electron chi connectivity index (χ0n) is 61.7. The van der Waals surface area contributed by atoms with Gasteiger partial charge in [0.1, 0.15) is 23.5 Å². The molecule has 0 aliphatic carbocycles. The second-order valence-corrected chi connectivity index (χ2v) is 28.9. The van der Waals surface area contributed by atoms with Crippen LogP contribution in [-0.4, -0.2) is 183 Å². The third-order valence-electron chi connectivity index (χ3n) is 20.4. The summed E-state index contributed by atoms with van der Waals surface area (Å²) in [5.41, 5.74) is 9.39. The van der Waals surface area contributed by atoms with E-state index >= 15 is 0 Å². The molecule has 0 saturated carbocycles. The lowest BCUT2D eigenvalue weighted by molar-refractivity contribution is -0.166. The lowest BCUT2D eigenvalue weighted by Crippen LogP contribution is -2.50. The van der Waals surface area contributed by atoms with Crippen LogP contribution in [0.3, 0.4) is 0 Å². The van der Waals surface area contributed by atoms with Crippen molar-refractivity contribution in [3.63, 3.8) is 0 Å². The number of halogens is 5. The molecule has 8 aliphatic heterocycles. The fraction of sp³-hybridized carbons (Fsp3) is 0.494. The van der Waals surface area contributed by atoms with E-state index in [1.807, 2.05) is 34.2 Å². The van der Waals surface area contributed by atoms with Crippen LogP contribution in [0.2, 0.25) is 0 Å². The number of hydrogen-bond acceptors (Lipinski definition) is 20. The van der Waals surface area contributed by atoms with Gasteiger partial charge in [-0.25, -0.2) is 27.7 Å². The highest BCUT2D eigenvalue weighted by Gasteiger charge is 2.52. The smallest absolute Gasteiger partial charge is 0.336 e. The van der Waals surface area contributed by atoms with Crippen molar-refractivity contribution in [2.75, 3.05) is 73.6 Å². The van der Waals surface area contributed by atoms with Crippen LogP contribution in [0.15, 0.2) is 110 Å². The summed E-state index contributed by atoms with van der Waals surface area (Å²) < 4.78 is 62.7. The number of carbonyl (C=O) groups is 6. The van der Waals surface area contributed by atoms with Crippen molar-refractivity contribution in [2.45, 2.75) is 191 Å². The number of fused-ring (bicyclic) bond motifs is 3. The Morgan fingerprint density at radius 3 is 1.42 bits per heavy atom. The topological polar surface area (TPSA) is 336 Å². The van der Waals surface area contributed by atoms with Crippen LogP contribution in [0.25, 0.3) is 9.69 Å². The monoisotopic (exact) mass is 1650 g/mol. The largest absolute Gasteiger partial charge is 0.479 e.